The summed E-state index contributed by atoms with van der Waals surface area (Å²) in [6, 6.07) is 6.70. The van der Waals surface area contributed by atoms with Gasteiger partial charge in [-0.15, -0.1) is 11.3 Å². The van der Waals surface area contributed by atoms with Crippen LogP contribution in [0.4, 0.5) is 9.52 Å². The summed E-state index contributed by atoms with van der Waals surface area (Å²) in [7, 11) is 0. The number of aromatic nitrogens is 1. The van der Waals surface area contributed by atoms with E-state index in [1.54, 1.807) is 34.8 Å². The number of piperazine rings is 1. The number of aryl methyl sites for hydroxylation is 1. The highest BCUT2D eigenvalue weighted by atomic mass is 35.5. The van der Waals surface area contributed by atoms with Gasteiger partial charge in [-0.1, -0.05) is 17.7 Å². The van der Waals surface area contributed by atoms with Crippen molar-refractivity contribution >= 4 is 45.3 Å². The van der Waals surface area contributed by atoms with E-state index in [1.807, 2.05) is 4.90 Å². The number of carbonyl (C=O) groups is 1. The lowest BCUT2D eigenvalue weighted by Crippen LogP contribution is -2.48. The first-order valence-electron chi connectivity index (χ1n) is 9.05. The Morgan fingerprint density at radius 1 is 1.18 bits per heavy atom. The summed E-state index contributed by atoms with van der Waals surface area (Å²) in [4.78, 5) is 21.4. The van der Waals surface area contributed by atoms with Crippen molar-refractivity contribution in [2.24, 2.45) is 0 Å². The summed E-state index contributed by atoms with van der Waals surface area (Å²) < 4.78 is 13.2. The minimum atomic E-state index is -0.433. The third-order valence-corrected chi connectivity index (χ3v) is 6.70. The van der Waals surface area contributed by atoms with Gasteiger partial charge in [-0.05, 0) is 35.6 Å². The number of rotatable bonds is 5. The van der Waals surface area contributed by atoms with Gasteiger partial charge in [-0.2, -0.15) is 11.3 Å². The highest BCUT2D eigenvalue weighted by Crippen LogP contribution is 2.29. The minimum Gasteiger partial charge on any atom is -0.345 e. The second-order valence-corrected chi connectivity index (χ2v) is 8.67. The van der Waals surface area contributed by atoms with Gasteiger partial charge in [-0.25, -0.2) is 9.37 Å². The van der Waals surface area contributed by atoms with E-state index in [4.69, 9.17) is 16.6 Å². The highest BCUT2D eigenvalue weighted by Gasteiger charge is 2.23. The zero-order chi connectivity index (χ0) is 19.5. The Morgan fingerprint density at radius 2 is 2.00 bits per heavy atom. The van der Waals surface area contributed by atoms with E-state index < -0.39 is 5.82 Å². The fraction of sp³-hybridized carbons (Fsp3) is 0.300. The molecule has 0 radical (unpaired) electrons. The monoisotopic (exact) mass is 435 g/mol. The summed E-state index contributed by atoms with van der Waals surface area (Å²) in [5.74, 6) is -0.310. The predicted octanol–water partition coefficient (Wildman–Crippen LogP) is 4.95. The van der Waals surface area contributed by atoms with Crippen LogP contribution >= 0.6 is 34.3 Å². The van der Waals surface area contributed by atoms with E-state index in [2.05, 4.69) is 27.1 Å². The molecule has 0 bridgehead atoms. The van der Waals surface area contributed by atoms with Crippen LogP contribution < -0.4 is 4.90 Å². The lowest BCUT2D eigenvalue weighted by atomic mass is 10.1. The van der Waals surface area contributed by atoms with Gasteiger partial charge in [0.05, 0.1) is 10.7 Å². The maximum atomic E-state index is 13.2. The molecule has 3 heterocycles. The molecule has 4 nitrogen and oxygen atoms in total. The summed E-state index contributed by atoms with van der Waals surface area (Å²) in [5, 5.41) is 7.35. The van der Waals surface area contributed by atoms with E-state index in [0.29, 0.717) is 25.9 Å². The highest BCUT2D eigenvalue weighted by molar-refractivity contribution is 7.14. The topological polar surface area (TPSA) is 36.4 Å². The fourth-order valence-corrected chi connectivity index (χ4v) is 4.95. The normalized spacial score (nSPS) is 14.5. The molecule has 0 aliphatic carbocycles. The van der Waals surface area contributed by atoms with Crippen molar-refractivity contribution in [3.8, 4) is 11.3 Å². The maximum Gasteiger partial charge on any atom is 0.223 e. The molecular formula is C20H19ClFN3OS2. The first-order chi connectivity index (χ1) is 13.6. The standard InChI is InChI=1S/C20H19ClFN3OS2/c21-16-11-14(1-3-17(16)22)2-4-19(26)24-6-8-25(9-7-24)20-23-18(13-28-20)15-5-10-27-12-15/h1,3,5,10-13H,2,4,6-9H2. The summed E-state index contributed by atoms with van der Waals surface area (Å²) in [6.07, 6.45) is 0.969. The number of benzene rings is 1. The smallest absolute Gasteiger partial charge is 0.223 e. The van der Waals surface area contributed by atoms with E-state index in [1.165, 1.54) is 6.07 Å². The molecule has 1 fully saturated rings. The maximum absolute atomic E-state index is 13.2. The fourth-order valence-electron chi connectivity index (χ4n) is 3.20. The molecule has 1 aliphatic heterocycles. The lowest BCUT2D eigenvalue weighted by Gasteiger charge is -2.34. The minimum absolute atomic E-state index is 0.101. The van der Waals surface area contributed by atoms with Crippen molar-refractivity contribution in [2.45, 2.75) is 12.8 Å². The number of hydrogen-bond donors (Lipinski definition) is 0. The van der Waals surface area contributed by atoms with Gasteiger partial charge in [0.15, 0.2) is 5.13 Å². The number of anilines is 1. The van der Waals surface area contributed by atoms with E-state index >= 15 is 0 Å². The molecule has 8 heteroatoms. The molecule has 0 unspecified atom stereocenters. The van der Waals surface area contributed by atoms with Crippen LogP contribution in [0.25, 0.3) is 11.3 Å². The first-order valence-corrected chi connectivity index (χ1v) is 11.2. The quantitative estimate of drug-likeness (QED) is 0.569. The Labute approximate surface area is 176 Å². The third kappa shape index (κ3) is 4.37. The SMILES string of the molecule is O=C(CCc1ccc(F)c(Cl)c1)N1CCN(c2nc(-c3ccsc3)cs2)CC1. The van der Waals surface area contributed by atoms with Gasteiger partial charge in [0.25, 0.3) is 0 Å². The average Bonchev–Trinajstić information content (AvgIpc) is 3.40. The van der Waals surface area contributed by atoms with Crippen LogP contribution in [0.5, 0.6) is 0 Å². The van der Waals surface area contributed by atoms with Crippen LogP contribution in [0.2, 0.25) is 5.02 Å². The second kappa shape index (κ2) is 8.59. The summed E-state index contributed by atoms with van der Waals surface area (Å²) in [5.41, 5.74) is 3.04. The summed E-state index contributed by atoms with van der Waals surface area (Å²) in [6.45, 7) is 2.95. The Morgan fingerprint density at radius 3 is 2.71 bits per heavy atom. The molecule has 28 heavy (non-hydrogen) atoms. The second-order valence-electron chi connectivity index (χ2n) is 6.64. The molecule has 4 rings (SSSR count). The van der Waals surface area contributed by atoms with Gasteiger partial charge in [0, 0.05) is 48.9 Å². The van der Waals surface area contributed by atoms with Crippen molar-refractivity contribution in [2.75, 3.05) is 31.1 Å². The average molecular weight is 436 g/mol. The zero-order valence-electron chi connectivity index (χ0n) is 15.1. The van der Waals surface area contributed by atoms with Crippen LogP contribution in [0.1, 0.15) is 12.0 Å². The van der Waals surface area contributed by atoms with Crippen molar-refractivity contribution in [3.05, 3.63) is 56.8 Å². The summed E-state index contributed by atoms with van der Waals surface area (Å²) >= 11 is 9.12. The van der Waals surface area contributed by atoms with Crippen LogP contribution in [-0.2, 0) is 11.2 Å². The Hall–Kier alpha value is -1.96. The number of hydrogen-bond acceptors (Lipinski definition) is 5. The van der Waals surface area contributed by atoms with Crippen LogP contribution in [0, 0.1) is 5.82 Å². The van der Waals surface area contributed by atoms with Crippen LogP contribution in [0.15, 0.2) is 40.4 Å². The number of nitrogens with zero attached hydrogens (tertiary/aromatic N) is 3. The molecule has 146 valence electrons. The van der Waals surface area contributed by atoms with Crippen molar-refractivity contribution in [1.29, 1.82) is 0 Å². The number of thiophene rings is 1. The molecule has 0 spiro atoms. The molecule has 1 aliphatic rings. The molecule has 2 aromatic heterocycles. The Bertz CT molecular complexity index is 952. The van der Waals surface area contributed by atoms with Gasteiger partial charge in [-0.3, -0.25) is 4.79 Å². The largest absolute Gasteiger partial charge is 0.345 e. The number of carbonyl (C=O) groups excluding carboxylic acids is 1. The Balaban J connectivity index is 1.29. The molecular weight excluding hydrogens is 417 g/mol. The van der Waals surface area contributed by atoms with E-state index in [0.717, 1.165) is 35.0 Å². The van der Waals surface area contributed by atoms with Gasteiger partial charge < -0.3 is 9.80 Å². The van der Waals surface area contributed by atoms with Crippen molar-refractivity contribution < 1.29 is 9.18 Å². The predicted molar refractivity (Wildman–Crippen MR) is 114 cm³/mol. The molecule has 1 aromatic carbocycles. The Kier molecular flexibility index (Phi) is 5.94. The molecule has 1 amide bonds. The number of thiazole rings is 1. The molecule has 0 N–H and O–H groups in total. The molecule has 0 atom stereocenters. The zero-order valence-corrected chi connectivity index (χ0v) is 17.5. The lowest BCUT2D eigenvalue weighted by molar-refractivity contribution is -0.131. The molecule has 0 saturated carbocycles. The van der Waals surface area contributed by atoms with Crippen LogP contribution in [-0.4, -0.2) is 42.0 Å². The molecule has 1 saturated heterocycles. The number of amides is 1. The van der Waals surface area contributed by atoms with Crippen molar-refractivity contribution in [1.82, 2.24) is 9.88 Å². The van der Waals surface area contributed by atoms with Crippen LogP contribution in [0.3, 0.4) is 0 Å². The van der Waals surface area contributed by atoms with E-state index in [-0.39, 0.29) is 10.9 Å². The van der Waals surface area contributed by atoms with Gasteiger partial charge in [0.2, 0.25) is 5.91 Å². The van der Waals surface area contributed by atoms with Gasteiger partial charge >= 0.3 is 0 Å². The molecule has 3 aromatic rings. The first kappa shape index (κ1) is 19.4. The third-order valence-electron chi connectivity index (χ3n) is 4.82. The van der Waals surface area contributed by atoms with Gasteiger partial charge in [0.1, 0.15) is 5.82 Å². The van der Waals surface area contributed by atoms with E-state index in [9.17, 15) is 9.18 Å². The number of halogens is 2. The van der Waals surface area contributed by atoms with Crippen molar-refractivity contribution in [3.63, 3.8) is 0 Å².